The van der Waals surface area contributed by atoms with Gasteiger partial charge in [-0.05, 0) is 57.0 Å². The second-order valence-corrected chi connectivity index (χ2v) is 5.74. The van der Waals surface area contributed by atoms with E-state index in [4.69, 9.17) is 4.74 Å². The second-order valence-electron chi connectivity index (χ2n) is 4.03. The second kappa shape index (κ2) is 6.95. The van der Waals surface area contributed by atoms with Crippen molar-refractivity contribution in [1.29, 1.82) is 0 Å². The lowest BCUT2D eigenvalue weighted by Crippen LogP contribution is -2.01. The first-order valence-corrected chi connectivity index (χ1v) is 7.73. The minimum absolute atomic E-state index is 0.763. The lowest BCUT2D eigenvalue weighted by Gasteiger charge is -2.12. The van der Waals surface area contributed by atoms with Gasteiger partial charge < -0.3 is 15.4 Å². The molecule has 1 aromatic carbocycles. The predicted octanol–water partition coefficient (Wildman–Crippen LogP) is 4.79. The summed E-state index contributed by atoms with van der Waals surface area (Å²) in [6.45, 7) is 2.88. The molecule has 0 aliphatic heterocycles. The molecule has 0 radical (unpaired) electrons. The number of hydrogen-bond acceptors (Lipinski definition) is 4. The van der Waals surface area contributed by atoms with E-state index in [1.807, 2.05) is 37.3 Å². The fraction of sp³-hybridized carbons (Fsp3) is 0.214. The number of benzene rings is 1. The van der Waals surface area contributed by atoms with E-state index in [0.29, 0.717) is 0 Å². The lowest BCUT2D eigenvalue weighted by molar-refractivity contribution is 0.412. The van der Waals surface area contributed by atoms with Crippen LogP contribution in [-0.2, 0) is 0 Å². The van der Waals surface area contributed by atoms with Crippen molar-refractivity contribution in [1.82, 2.24) is 4.98 Å². The molecule has 2 N–H and O–H groups in total. The lowest BCUT2D eigenvalue weighted by atomic mass is 10.3. The molecule has 0 atom stereocenters. The molecule has 0 saturated carbocycles. The molecule has 2 aromatic rings. The van der Waals surface area contributed by atoms with Crippen molar-refractivity contribution in [3.63, 3.8) is 0 Å². The molecular formula is C14H15Br2N3O. The van der Waals surface area contributed by atoms with Gasteiger partial charge in [0.1, 0.15) is 17.4 Å². The minimum Gasteiger partial charge on any atom is -0.495 e. The summed E-state index contributed by atoms with van der Waals surface area (Å²) in [5.41, 5.74) is 0.895. The highest BCUT2D eigenvalue weighted by molar-refractivity contribution is 9.11. The Bertz CT molecular complexity index is 605. The molecule has 1 aromatic heterocycles. The summed E-state index contributed by atoms with van der Waals surface area (Å²) in [4.78, 5) is 4.48. The summed E-state index contributed by atoms with van der Waals surface area (Å²) in [7, 11) is 1.64. The Kier molecular flexibility index (Phi) is 5.25. The van der Waals surface area contributed by atoms with Gasteiger partial charge in [0.15, 0.2) is 0 Å². The zero-order chi connectivity index (χ0) is 14.5. The van der Waals surface area contributed by atoms with Crippen LogP contribution < -0.4 is 15.4 Å². The van der Waals surface area contributed by atoms with Crippen LogP contribution in [0.25, 0.3) is 0 Å². The van der Waals surface area contributed by atoms with E-state index >= 15 is 0 Å². The first-order chi connectivity index (χ1) is 9.63. The monoisotopic (exact) mass is 399 g/mol. The van der Waals surface area contributed by atoms with Gasteiger partial charge in [-0.1, -0.05) is 6.07 Å². The number of nitrogens with zero attached hydrogens (tertiary/aromatic N) is 1. The zero-order valence-corrected chi connectivity index (χ0v) is 14.4. The van der Waals surface area contributed by atoms with Crippen LogP contribution in [0.1, 0.15) is 6.92 Å². The number of anilines is 3. The van der Waals surface area contributed by atoms with Gasteiger partial charge in [0.2, 0.25) is 0 Å². The summed E-state index contributed by atoms with van der Waals surface area (Å²) in [5.74, 6) is 2.38. The number of pyridine rings is 1. The molecule has 0 unspecified atom stereocenters. The Morgan fingerprint density at radius 3 is 2.60 bits per heavy atom. The number of rotatable bonds is 5. The van der Waals surface area contributed by atoms with Crippen molar-refractivity contribution in [2.45, 2.75) is 6.92 Å². The average molecular weight is 401 g/mol. The molecule has 6 heteroatoms. The van der Waals surface area contributed by atoms with Gasteiger partial charge in [0.05, 0.1) is 17.3 Å². The fourth-order valence-corrected chi connectivity index (χ4v) is 2.96. The number of hydrogen-bond donors (Lipinski definition) is 2. The van der Waals surface area contributed by atoms with Crippen LogP contribution in [0.15, 0.2) is 39.3 Å². The Labute approximate surface area is 135 Å². The van der Waals surface area contributed by atoms with Crippen molar-refractivity contribution in [2.24, 2.45) is 0 Å². The summed E-state index contributed by atoms with van der Waals surface area (Å²) in [5, 5.41) is 6.46. The third-order valence-electron chi connectivity index (χ3n) is 2.61. The predicted molar refractivity (Wildman–Crippen MR) is 90.1 cm³/mol. The van der Waals surface area contributed by atoms with E-state index in [2.05, 4.69) is 47.5 Å². The normalized spacial score (nSPS) is 10.2. The van der Waals surface area contributed by atoms with Gasteiger partial charge in [0.25, 0.3) is 0 Å². The van der Waals surface area contributed by atoms with Gasteiger partial charge in [0, 0.05) is 17.1 Å². The van der Waals surface area contributed by atoms with Gasteiger partial charge >= 0.3 is 0 Å². The summed E-state index contributed by atoms with van der Waals surface area (Å²) >= 11 is 6.98. The minimum atomic E-state index is 0.763. The SMILES string of the molecule is CCNc1cccc(Nc2cc(OC)c(Br)cc2Br)n1. The van der Waals surface area contributed by atoms with Crippen LogP contribution in [0.5, 0.6) is 5.75 Å². The van der Waals surface area contributed by atoms with E-state index < -0.39 is 0 Å². The molecule has 1 heterocycles. The third-order valence-corrected chi connectivity index (χ3v) is 3.89. The molecule has 0 amide bonds. The number of ether oxygens (including phenoxy) is 1. The summed E-state index contributed by atoms with van der Waals surface area (Å²) in [6.07, 6.45) is 0. The van der Waals surface area contributed by atoms with Gasteiger partial charge in [-0.25, -0.2) is 4.98 Å². The van der Waals surface area contributed by atoms with Crippen molar-refractivity contribution in [2.75, 3.05) is 24.3 Å². The molecule has 2 rings (SSSR count). The molecule has 0 spiro atoms. The Morgan fingerprint density at radius 1 is 1.15 bits per heavy atom. The molecule has 0 fully saturated rings. The van der Waals surface area contributed by atoms with Crippen LogP contribution in [-0.4, -0.2) is 18.6 Å². The first-order valence-electron chi connectivity index (χ1n) is 6.15. The smallest absolute Gasteiger partial charge is 0.135 e. The van der Waals surface area contributed by atoms with Crippen molar-refractivity contribution < 1.29 is 4.74 Å². The highest BCUT2D eigenvalue weighted by Crippen LogP contribution is 2.35. The van der Waals surface area contributed by atoms with Crippen LogP contribution in [0.2, 0.25) is 0 Å². The molecular weight excluding hydrogens is 386 g/mol. The Balaban J connectivity index is 2.27. The third kappa shape index (κ3) is 3.64. The largest absolute Gasteiger partial charge is 0.495 e. The summed E-state index contributed by atoms with van der Waals surface area (Å²) < 4.78 is 7.13. The van der Waals surface area contributed by atoms with E-state index in [-0.39, 0.29) is 0 Å². The molecule has 0 aliphatic carbocycles. The van der Waals surface area contributed by atoms with Crippen molar-refractivity contribution in [3.8, 4) is 5.75 Å². The number of aromatic nitrogens is 1. The van der Waals surface area contributed by atoms with Gasteiger partial charge in [-0.3, -0.25) is 0 Å². The average Bonchev–Trinajstić information content (AvgIpc) is 2.43. The fourth-order valence-electron chi connectivity index (χ4n) is 1.70. The molecule has 0 bridgehead atoms. The molecule has 0 saturated heterocycles. The molecule has 20 heavy (non-hydrogen) atoms. The van der Waals surface area contributed by atoms with E-state index in [0.717, 1.165) is 38.6 Å². The molecule has 106 valence electrons. The van der Waals surface area contributed by atoms with Crippen LogP contribution in [0.3, 0.4) is 0 Å². The quantitative estimate of drug-likeness (QED) is 0.757. The number of methoxy groups -OCH3 is 1. The maximum Gasteiger partial charge on any atom is 0.135 e. The van der Waals surface area contributed by atoms with Crippen molar-refractivity contribution in [3.05, 3.63) is 39.3 Å². The topological polar surface area (TPSA) is 46.2 Å². The summed E-state index contributed by atoms with van der Waals surface area (Å²) in [6, 6.07) is 9.66. The first kappa shape index (κ1) is 15.1. The Hall–Kier alpha value is -1.27. The van der Waals surface area contributed by atoms with Gasteiger partial charge in [-0.15, -0.1) is 0 Å². The van der Waals surface area contributed by atoms with E-state index in [9.17, 15) is 0 Å². The number of halogens is 2. The number of nitrogens with one attached hydrogen (secondary N) is 2. The maximum atomic E-state index is 5.30. The van der Waals surface area contributed by atoms with E-state index in [1.165, 1.54) is 0 Å². The van der Waals surface area contributed by atoms with E-state index in [1.54, 1.807) is 7.11 Å². The van der Waals surface area contributed by atoms with Crippen LogP contribution in [0, 0.1) is 0 Å². The molecule has 4 nitrogen and oxygen atoms in total. The van der Waals surface area contributed by atoms with Gasteiger partial charge in [-0.2, -0.15) is 0 Å². The Morgan fingerprint density at radius 2 is 1.90 bits per heavy atom. The maximum absolute atomic E-state index is 5.30. The van der Waals surface area contributed by atoms with Crippen molar-refractivity contribution >= 4 is 49.2 Å². The van der Waals surface area contributed by atoms with Crippen LogP contribution >= 0.6 is 31.9 Å². The highest BCUT2D eigenvalue weighted by Gasteiger charge is 2.08. The molecule has 0 aliphatic rings. The zero-order valence-electron chi connectivity index (χ0n) is 11.2. The van der Waals surface area contributed by atoms with Crippen LogP contribution in [0.4, 0.5) is 17.3 Å². The standard InChI is InChI=1S/C14H15Br2N3O/c1-3-17-13-5-4-6-14(19-13)18-11-8-12(20-2)10(16)7-9(11)15/h4-8H,3H2,1-2H3,(H2,17,18,19). The highest BCUT2D eigenvalue weighted by atomic mass is 79.9.